The summed E-state index contributed by atoms with van der Waals surface area (Å²) in [6, 6.07) is 2.46. The van der Waals surface area contributed by atoms with Crippen LogP contribution >= 0.6 is 0 Å². The van der Waals surface area contributed by atoms with Gasteiger partial charge in [0.15, 0.2) is 0 Å². The third-order valence-corrected chi connectivity index (χ3v) is 2.26. The molecule has 1 rings (SSSR count). The van der Waals surface area contributed by atoms with Crippen LogP contribution in [0.2, 0.25) is 0 Å². The topological polar surface area (TPSA) is 50.1 Å². The second-order valence-electron chi connectivity index (χ2n) is 3.99. The van der Waals surface area contributed by atoms with Crippen LogP contribution in [0.1, 0.15) is 38.4 Å². The summed E-state index contributed by atoms with van der Waals surface area (Å²) in [5, 5.41) is 16.3. The van der Waals surface area contributed by atoms with Crippen molar-refractivity contribution in [1.82, 2.24) is 15.1 Å². The molecule has 0 fully saturated rings. The second-order valence-corrected chi connectivity index (χ2v) is 3.99. The van der Waals surface area contributed by atoms with E-state index in [1.807, 2.05) is 16.9 Å². The molecular weight excluding hydrogens is 190 g/mol. The van der Waals surface area contributed by atoms with Gasteiger partial charge in [-0.2, -0.15) is 5.10 Å². The molecule has 0 radical (unpaired) electrons. The van der Waals surface area contributed by atoms with Crippen molar-refractivity contribution in [2.45, 2.75) is 39.3 Å². The van der Waals surface area contributed by atoms with Crippen LogP contribution in [0.5, 0.6) is 0 Å². The Bertz CT molecular complexity index is 271. The van der Waals surface area contributed by atoms with E-state index in [4.69, 9.17) is 5.11 Å². The van der Waals surface area contributed by atoms with Crippen molar-refractivity contribution in [3.63, 3.8) is 0 Å². The highest BCUT2D eigenvalue weighted by Gasteiger charge is 2.00. The lowest BCUT2D eigenvalue weighted by molar-refractivity contribution is 0.283. The fourth-order valence-corrected chi connectivity index (χ4v) is 1.34. The minimum Gasteiger partial charge on any atom is -0.396 e. The molecule has 0 amide bonds. The van der Waals surface area contributed by atoms with E-state index in [0.29, 0.717) is 6.04 Å². The highest BCUT2D eigenvalue weighted by molar-refractivity contribution is 4.98. The summed E-state index contributed by atoms with van der Waals surface area (Å²) in [6.07, 6.45) is 3.89. The van der Waals surface area contributed by atoms with E-state index in [2.05, 4.69) is 24.3 Å². The Kier molecular flexibility index (Phi) is 5.36. The lowest BCUT2D eigenvalue weighted by atomic mass is 10.3. The number of hydrogen-bond acceptors (Lipinski definition) is 3. The van der Waals surface area contributed by atoms with E-state index in [1.54, 1.807) is 0 Å². The first-order valence-corrected chi connectivity index (χ1v) is 5.59. The Hall–Kier alpha value is -0.870. The quantitative estimate of drug-likeness (QED) is 0.669. The van der Waals surface area contributed by atoms with Crippen molar-refractivity contribution in [3.05, 3.63) is 18.0 Å². The summed E-state index contributed by atoms with van der Waals surface area (Å²) in [5.74, 6) is 0. The van der Waals surface area contributed by atoms with Crippen LogP contribution in [0, 0.1) is 0 Å². The highest BCUT2D eigenvalue weighted by Crippen LogP contribution is 2.03. The maximum Gasteiger partial charge on any atom is 0.0762 e. The van der Waals surface area contributed by atoms with Gasteiger partial charge in [-0.15, -0.1) is 0 Å². The Morgan fingerprint density at radius 3 is 2.87 bits per heavy atom. The van der Waals surface area contributed by atoms with Gasteiger partial charge in [0.05, 0.1) is 5.69 Å². The van der Waals surface area contributed by atoms with Gasteiger partial charge in [-0.1, -0.05) is 0 Å². The van der Waals surface area contributed by atoms with Crippen LogP contribution in [0.3, 0.4) is 0 Å². The molecular formula is C11H21N3O. The molecule has 0 unspecified atom stereocenters. The van der Waals surface area contributed by atoms with Crippen molar-refractivity contribution in [2.24, 2.45) is 0 Å². The van der Waals surface area contributed by atoms with Gasteiger partial charge in [-0.25, -0.2) is 0 Å². The molecule has 1 heterocycles. The van der Waals surface area contributed by atoms with E-state index < -0.39 is 0 Å². The number of aromatic nitrogens is 2. The van der Waals surface area contributed by atoms with Gasteiger partial charge in [-0.05, 0) is 39.3 Å². The number of aliphatic hydroxyl groups excluding tert-OH is 1. The second kappa shape index (κ2) is 6.58. The zero-order chi connectivity index (χ0) is 11.1. The van der Waals surface area contributed by atoms with Gasteiger partial charge in [0, 0.05) is 25.4 Å². The molecule has 4 heteroatoms. The maximum absolute atomic E-state index is 8.60. The van der Waals surface area contributed by atoms with Crippen molar-refractivity contribution in [1.29, 1.82) is 0 Å². The lowest BCUT2D eigenvalue weighted by Gasteiger charge is -2.04. The number of unbranched alkanes of at least 4 members (excludes halogenated alkanes) is 1. The van der Waals surface area contributed by atoms with E-state index in [1.165, 1.54) is 0 Å². The molecule has 0 aliphatic rings. The molecule has 1 aromatic rings. The summed E-state index contributed by atoms with van der Waals surface area (Å²) in [7, 11) is 0. The van der Waals surface area contributed by atoms with E-state index in [0.717, 1.165) is 31.6 Å². The number of aliphatic hydroxyl groups is 1. The van der Waals surface area contributed by atoms with Crippen molar-refractivity contribution < 1.29 is 5.11 Å². The minimum absolute atomic E-state index is 0.281. The first kappa shape index (κ1) is 12.2. The monoisotopic (exact) mass is 211 g/mol. The average Bonchev–Trinajstić information content (AvgIpc) is 2.66. The third-order valence-electron chi connectivity index (χ3n) is 2.26. The standard InChI is InChI=1S/C11H21N3O/c1-10(2)14-7-5-11(13-14)9-12-6-3-4-8-15/h5,7,10,12,15H,3-4,6,8-9H2,1-2H3. The number of nitrogens with one attached hydrogen (secondary N) is 1. The molecule has 0 atom stereocenters. The van der Waals surface area contributed by atoms with Gasteiger partial charge in [0.2, 0.25) is 0 Å². The van der Waals surface area contributed by atoms with Crippen LogP contribution in [-0.4, -0.2) is 28.0 Å². The molecule has 0 saturated carbocycles. The van der Waals surface area contributed by atoms with Crippen LogP contribution in [0.25, 0.3) is 0 Å². The predicted molar refractivity (Wildman–Crippen MR) is 60.6 cm³/mol. The number of nitrogens with zero attached hydrogens (tertiary/aromatic N) is 2. The van der Waals surface area contributed by atoms with Crippen molar-refractivity contribution in [2.75, 3.05) is 13.2 Å². The fourth-order valence-electron chi connectivity index (χ4n) is 1.34. The summed E-state index contributed by atoms with van der Waals surface area (Å²) in [4.78, 5) is 0. The Balaban J connectivity index is 2.20. The zero-order valence-electron chi connectivity index (χ0n) is 9.61. The van der Waals surface area contributed by atoms with Gasteiger partial charge < -0.3 is 10.4 Å². The van der Waals surface area contributed by atoms with Gasteiger partial charge in [-0.3, -0.25) is 4.68 Å². The molecule has 4 nitrogen and oxygen atoms in total. The maximum atomic E-state index is 8.60. The Morgan fingerprint density at radius 1 is 1.47 bits per heavy atom. The SMILES string of the molecule is CC(C)n1ccc(CNCCCCO)n1. The normalized spacial score (nSPS) is 11.2. The van der Waals surface area contributed by atoms with E-state index >= 15 is 0 Å². The molecule has 0 aromatic carbocycles. The first-order valence-electron chi connectivity index (χ1n) is 5.59. The predicted octanol–water partition coefficient (Wildman–Crippen LogP) is 1.33. The molecule has 0 spiro atoms. The molecule has 2 N–H and O–H groups in total. The largest absolute Gasteiger partial charge is 0.396 e. The smallest absolute Gasteiger partial charge is 0.0762 e. The Morgan fingerprint density at radius 2 is 2.27 bits per heavy atom. The molecule has 0 bridgehead atoms. The van der Waals surface area contributed by atoms with Crippen LogP contribution in [0.15, 0.2) is 12.3 Å². The molecule has 86 valence electrons. The van der Waals surface area contributed by atoms with Crippen LogP contribution in [-0.2, 0) is 6.54 Å². The molecule has 0 aliphatic carbocycles. The van der Waals surface area contributed by atoms with E-state index in [-0.39, 0.29) is 6.61 Å². The Labute approximate surface area is 91.3 Å². The fraction of sp³-hybridized carbons (Fsp3) is 0.727. The third kappa shape index (κ3) is 4.44. The lowest BCUT2D eigenvalue weighted by Crippen LogP contribution is -2.15. The van der Waals surface area contributed by atoms with Gasteiger partial charge in [0.25, 0.3) is 0 Å². The molecule has 0 aliphatic heterocycles. The van der Waals surface area contributed by atoms with Crippen LogP contribution in [0.4, 0.5) is 0 Å². The van der Waals surface area contributed by atoms with Crippen molar-refractivity contribution >= 4 is 0 Å². The van der Waals surface area contributed by atoms with Gasteiger partial charge >= 0.3 is 0 Å². The summed E-state index contributed by atoms with van der Waals surface area (Å²) in [6.45, 7) is 6.26. The number of rotatable bonds is 7. The first-order chi connectivity index (χ1) is 7.24. The molecule has 1 aromatic heterocycles. The summed E-state index contributed by atoms with van der Waals surface area (Å²) in [5.41, 5.74) is 1.08. The summed E-state index contributed by atoms with van der Waals surface area (Å²) < 4.78 is 1.96. The summed E-state index contributed by atoms with van der Waals surface area (Å²) >= 11 is 0. The average molecular weight is 211 g/mol. The van der Waals surface area contributed by atoms with Gasteiger partial charge in [0.1, 0.15) is 0 Å². The molecule has 15 heavy (non-hydrogen) atoms. The van der Waals surface area contributed by atoms with E-state index in [9.17, 15) is 0 Å². The van der Waals surface area contributed by atoms with Crippen LogP contribution < -0.4 is 5.32 Å². The zero-order valence-corrected chi connectivity index (χ0v) is 9.61. The van der Waals surface area contributed by atoms with Crippen molar-refractivity contribution in [3.8, 4) is 0 Å². The highest BCUT2D eigenvalue weighted by atomic mass is 16.2. The number of hydrogen-bond donors (Lipinski definition) is 2. The minimum atomic E-state index is 0.281. The molecule has 0 saturated heterocycles.